The number of esters is 1. The van der Waals surface area contributed by atoms with Gasteiger partial charge in [0.25, 0.3) is 0 Å². The van der Waals surface area contributed by atoms with E-state index in [9.17, 15) is 4.79 Å². The number of benzene rings is 2. The van der Waals surface area contributed by atoms with E-state index in [0.717, 1.165) is 23.8 Å². The Balaban J connectivity index is 1.64. The third-order valence-corrected chi connectivity index (χ3v) is 5.82. The SMILES string of the molecule is CCOC(=O)c1ccc(N2C[C@H]3CCCCN3[C@H]2c2ccc(Cl)cc2)cc1. The number of nitrogens with zero attached hydrogens (tertiary/aromatic N) is 2. The lowest BCUT2D eigenvalue weighted by Crippen LogP contribution is -2.37. The minimum Gasteiger partial charge on any atom is -0.462 e. The first kappa shape index (κ1) is 18.3. The largest absolute Gasteiger partial charge is 0.462 e. The quantitative estimate of drug-likeness (QED) is 0.702. The maximum Gasteiger partial charge on any atom is 0.338 e. The van der Waals surface area contributed by atoms with Crippen molar-refractivity contribution in [3.8, 4) is 0 Å². The Morgan fingerprint density at radius 1 is 1.11 bits per heavy atom. The lowest BCUT2D eigenvalue weighted by molar-refractivity contribution is 0.0526. The molecule has 2 fully saturated rings. The molecule has 0 aromatic heterocycles. The van der Waals surface area contributed by atoms with Gasteiger partial charge in [-0.2, -0.15) is 0 Å². The van der Waals surface area contributed by atoms with Gasteiger partial charge in [-0.05, 0) is 61.7 Å². The van der Waals surface area contributed by atoms with Gasteiger partial charge in [0.1, 0.15) is 6.17 Å². The lowest BCUT2D eigenvalue weighted by Gasteiger charge is -2.35. The summed E-state index contributed by atoms with van der Waals surface area (Å²) < 4.78 is 5.10. The molecule has 27 heavy (non-hydrogen) atoms. The van der Waals surface area contributed by atoms with Gasteiger partial charge in [-0.1, -0.05) is 30.2 Å². The van der Waals surface area contributed by atoms with Crippen molar-refractivity contribution in [1.82, 2.24) is 4.90 Å². The molecule has 2 aliphatic heterocycles. The second kappa shape index (κ2) is 7.91. The van der Waals surface area contributed by atoms with Crippen molar-refractivity contribution in [1.29, 1.82) is 0 Å². The van der Waals surface area contributed by atoms with Crippen LogP contribution in [0.2, 0.25) is 5.02 Å². The fourth-order valence-corrected chi connectivity index (χ4v) is 4.43. The van der Waals surface area contributed by atoms with Crippen LogP contribution in [0.4, 0.5) is 5.69 Å². The maximum absolute atomic E-state index is 11.9. The molecule has 0 amide bonds. The first-order chi connectivity index (χ1) is 13.2. The summed E-state index contributed by atoms with van der Waals surface area (Å²) in [7, 11) is 0. The molecule has 2 saturated heterocycles. The van der Waals surface area contributed by atoms with Crippen LogP contribution in [-0.2, 0) is 4.74 Å². The first-order valence-electron chi connectivity index (χ1n) is 9.72. The van der Waals surface area contributed by atoms with Crippen molar-refractivity contribution < 1.29 is 9.53 Å². The van der Waals surface area contributed by atoms with Crippen molar-refractivity contribution in [2.45, 2.75) is 38.4 Å². The molecule has 0 spiro atoms. The van der Waals surface area contributed by atoms with Gasteiger partial charge in [-0.25, -0.2) is 4.79 Å². The normalized spacial score (nSPS) is 22.5. The van der Waals surface area contributed by atoms with Crippen molar-refractivity contribution >= 4 is 23.3 Å². The van der Waals surface area contributed by atoms with Crippen LogP contribution in [0.1, 0.15) is 48.3 Å². The fourth-order valence-electron chi connectivity index (χ4n) is 4.30. The second-order valence-electron chi connectivity index (χ2n) is 7.23. The molecular formula is C22H25ClN2O2. The number of carbonyl (C=O) groups excluding carboxylic acids is 1. The summed E-state index contributed by atoms with van der Waals surface area (Å²) in [5.41, 5.74) is 3.00. The van der Waals surface area contributed by atoms with Crippen LogP contribution in [-0.4, -0.2) is 36.6 Å². The molecule has 0 unspecified atom stereocenters. The average Bonchev–Trinajstić information content (AvgIpc) is 3.08. The Hall–Kier alpha value is -2.04. The van der Waals surface area contributed by atoms with Crippen LogP contribution in [0.15, 0.2) is 48.5 Å². The molecule has 0 radical (unpaired) electrons. The minimum absolute atomic E-state index is 0.209. The van der Waals surface area contributed by atoms with E-state index in [0.29, 0.717) is 18.2 Å². The molecule has 4 nitrogen and oxygen atoms in total. The predicted molar refractivity (Wildman–Crippen MR) is 108 cm³/mol. The van der Waals surface area contributed by atoms with E-state index in [1.165, 1.54) is 24.8 Å². The highest BCUT2D eigenvalue weighted by Crippen LogP contribution is 2.41. The van der Waals surface area contributed by atoms with Gasteiger partial charge in [0.2, 0.25) is 0 Å². The molecule has 2 atom stereocenters. The van der Waals surface area contributed by atoms with Crippen molar-refractivity contribution in [3.05, 3.63) is 64.7 Å². The molecule has 0 saturated carbocycles. The van der Waals surface area contributed by atoms with Crippen LogP contribution in [0.3, 0.4) is 0 Å². The van der Waals surface area contributed by atoms with E-state index in [-0.39, 0.29) is 12.1 Å². The zero-order valence-electron chi connectivity index (χ0n) is 15.6. The van der Waals surface area contributed by atoms with Crippen molar-refractivity contribution in [3.63, 3.8) is 0 Å². The van der Waals surface area contributed by atoms with Gasteiger partial charge >= 0.3 is 5.97 Å². The third-order valence-electron chi connectivity index (χ3n) is 5.57. The van der Waals surface area contributed by atoms with Gasteiger partial charge in [0.05, 0.1) is 12.2 Å². The summed E-state index contributed by atoms with van der Waals surface area (Å²) in [6.45, 7) is 4.34. The van der Waals surface area contributed by atoms with E-state index >= 15 is 0 Å². The van der Waals surface area contributed by atoms with Gasteiger partial charge in [-0.3, -0.25) is 4.90 Å². The summed E-state index contributed by atoms with van der Waals surface area (Å²) in [6.07, 6.45) is 3.99. The lowest BCUT2D eigenvalue weighted by atomic mass is 10.0. The number of hydrogen-bond acceptors (Lipinski definition) is 4. The van der Waals surface area contributed by atoms with Gasteiger partial charge < -0.3 is 9.64 Å². The van der Waals surface area contributed by atoms with Crippen LogP contribution in [0, 0.1) is 0 Å². The molecule has 0 N–H and O–H groups in total. The molecule has 5 heteroatoms. The van der Waals surface area contributed by atoms with Crippen LogP contribution < -0.4 is 4.90 Å². The topological polar surface area (TPSA) is 32.8 Å². The first-order valence-corrected chi connectivity index (χ1v) is 10.1. The number of anilines is 1. The Morgan fingerprint density at radius 2 is 1.85 bits per heavy atom. The highest BCUT2D eigenvalue weighted by atomic mass is 35.5. The van der Waals surface area contributed by atoms with Crippen molar-refractivity contribution in [2.75, 3.05) is 24.6 Å². The Morgan fingerprint density at radius 3 is 2.56 bits per heavy atom. The summed E-state index contributed by atoms with van der Waals surface area (Å²) in [4.78, 5) is 17.0. The Bertz CT molecular complexity index is 791. The molecule has 2 aromatic carbocycles. The molecule has 2 aliphatic rings. The Labute approximate surface area is 165 Å². The fraction of sp³-hybridized carbons (Fsp3) is 0.409. The summed E-state index contributed by atoms with van der Waals surface area (Å²) >= 11 is 6.11. The standard InChI is InChI=1S/C22H25ClN2O2/c1-2-27-22(26)17-8-12-19(13-9-17)25-15-20-5-3-4-14-24(20)21(25)16-6-10-18(23)11-7-16/h6-13,20-21H,2-5,14-15H2,1H3/t20-,21-/m1/s1. The molecule has 0 aliphatic carbocycles. The number of ether oxygens (including phenoxy) is 1. The van der Waals surface area contributed by atoms with Gasteiger partial charge in [-0.15, -0.1) is 0 Å². The highest BCUT2D eigenvalue weighted by Gasteiger charge is 2.41. The second-order valence-corrected chi connectivity index (χ2v) is 7.67. The van der Waals surface area contributed by atoms with Crippen LogP contribution in [0.25, 0.3) is 0 Å². The zero-order valence-corrected chi connectivity index (χ0v) is 16.4. The van der Waals surface area contributed by atoms with Crippen LogP contribution >= 0.6 is 11.6 Å². The number of carbonyl (C=O) groups is 1. The Kier molecular flexibility index (Phi) is 5.37. The molecule has 0 bridgehead atoms. The number of halogens is 1. The summed E-state index contributed by atoms with van der Waals surface area (Å²) in [5, 5.41) is 0.761. The molecule has 142 valence electrons. The third kappa shape index (κ3) is 3.69. The molecule has 4 rings (SSSR count). The minimum atomic E-state index is -0.267. The van der Waals surface area contributed by atoms with E-state index in [4.69, 9.17) is 16.3 Å². The average molecular weight is 385 g/mol. The number of hydrogen-bond donors (Lipinski definition) is 0. The van der Waals surface area contributed by atoms with E-state index in [1.54, 1.807) is 0 Å². The maximum atomic E-state index is 11.9. The van der Waals surface area contributed by atoms with Gasteiger partial charge in [0.15, 0.2) is 0 Å². The van der Waals surface area contributed by atoms with E-state index < -0.39 is 0 Å². The highest BCUT2D eigenvalue weighted by molar-refractivity contribution is 6.30. The van der Waals surface area contributed by atoms with E-state index in [2.05, 4.69) is 21.9 Å². The number of rotatable bonds is 4. The smallest absolute Gasteiger partial charge is 0.338 e. The summed E-state index contributed by atoms with van der Waals surface area (Å²) in [6, 6.07) is 16.6. The van der Waals surface area contributed by atoms with Crippen LogP contribution in [0.5, 0.6) is 0 Å². The van der Waals surface area contributed by atoms with Crippen molar-refractivity contribution in [2.24, 2.45) is 0 Å². The van der Waals surface area contributed by atoms with Gasteiger partial charge in [0, 0.05) is 29.8 Å². The summed E-state index contributed by atoms with van der Waals surface area (Å²) in [5.74, 6) is -0.267. The molecular weight excluding hydrogens is 360 g/mol. The predicted octanol–water partition coefficient (Wildman–Crippen LogP) is 4.89. The number of fused-ring (bicyclic) bond motifs is 1. The monoisotopic (exact) mass is 384 g/mol. The molecule has 2 heterocycles. The molecule has 2 aromatic rings. The zero-order chi connectivity index (χ0) is 18.8. The number of piperidine rings is 1. The van der Waals surface area contributed by atoms with E-state index in [1.807, 2.05) is 43.3 Å².